The molecule has 0 saturated carbocycles. The van der Waals surface area contributed by atoms with Crippen molar-refractivity contribution in [2.45, 2.75) is 47.0 Å². The van der Waals surface area contributed by atoms with E-state index in [1.54, 1.807) is 0 Å². The molecule has 1 rings (SSSR count). The van der Waals surface area contributed by atoms with Crippen LogP contribution in [-0.4, -0.2) is 0 Å². The van der Waals surface area contributed by atoms with Crippen molar-refractivity contribution in [3.63, 3.8) is 0 Å². The quantitative estimate of drug-likeness (QED) is 0.729. The fraction of sp³-hybridized carbons (Fsp3) is 0.538. The van der Waals surface area contributed by atoms with Crippen LogP contribution in [0.5, 0.6) is 0 Å². The number of nitrogen functional groups attached to an aromatic ring is 1. The average molecular weight is 191 g/mol. The van der Waals surface area contributed by atoms with E-state index < -0.39 is 0 Å². The topological polar surface area (TPSA) is 26.0 Å². The van der Waals surface area contributed by atoms with E-state index in [0.717, 1.165) is 24.9 Å². The Morgan fingerprint density at radius 3 is 2.00 bits per heavy atom. The van der Waals surface area contributed by atoms with Crippen LogP contribution in [0.3, 0.4) is 0 Å². The SMILES string of the molecule is CCc1cc(C)c(N)c(CC)c1CC. The molecule has 0 aromatic heterocycles. The lowest BCUT2D eigenvalue weighted by Crippen LogP contribution is -2.04. The zero-order valence-corrected chi connectivity index (χ0v) is 9.78. The van der Waals surface area contributed by atoms with Crippen LogP contribution in [0.1, 0.15) is 43.0 Å². The van der Waals surface area contributed by atoms with E-state index in [2.05, 4.69) is 33.8 Å². The minimum atomic E-state index is 1.00. The van der Waals surface area contributed by atoms with Gasteiger partial charge in [0.25, 0.3) is 0 Å². The molecule has 0 aliphatic heterocycles. The summed E-state index contributed by atoms with van der Waals surface area (Å²) in [5.41, 5.74) is 12.6. The molecule has 1 nitrogen and oxygen atoms in total. The maximum Gasteiger partial charge on any atom is 0.0379 e. The molecule has 0 spiro atoms. The van der Waals surface area contributed by atoms with E-state index in [-0.39, 0.29) is 0 Å². The minimum Gasteiger partial charge on any atom is -0.398 e. The lowest BCUT2D eigenvalue weighted by molar-refractivity contribution is 0.978. The Morgan fingerprint density at radius 1 is 1.00 bits per heavy atom. The molecule has 0 atom stereocenters. The molecule has 1 heteroatoms. The largest absolute Gasteiger partial charge is 0.398 e. The third-order valence-electron chi connectivity index (χ3n) is 2.98. The van der Waals surface area contributed by atoms with Crippen molar-refractivity contribution < 1.29 is 0 Å². The third kappa shape index (κ3) is 1.77. The molecule has 14 heavy (non-hydrogen) atoms. The first-order chi connectivity index (χ1) is 6.65. The van der Waals surface area contributed by atoms with Gasteiger partial charge in [-0.25, -0.2) is 0 Å². The Bertz CT molecular complexity index is 326. The predicted molar refractivity (Wildman–Crippen MR) is 63.7 cm³/mol. The van der Waals surface area contributed by atoms with E-state index in [0.29, 0.717) is 0 Å². The zero-order chi connectivity index (χ0) is 10.7. The Labute approximate surface area is 87.3 Å². The van der Waals surface area contributed by atoms with Gasteiger partial charge in [-0.15, -0.1) is 0 Å². The molecule has 1 aromatic rings. The van der Waals surface area contributed by atoms with Crippen LogP contribution in [0.25, 0.3) is 0 Å². The van der Waals surface area contributed by atoms with Crippen molar-refractivity contribution in [2.24, 2.45) is 0 Å². The van der Waals surface area contributed by atoms with Crippen molar-refractivity contribution in [1.82, 2.24) is 0 Å². The van der Waals surface area contributed by atoms with Gasteiger partial charge < -0.3 is 5.73 Å². The van der Waals surface area contributed by atoms with E-state index in [4.69, 9.17) is 5.73 Å². The molecular weight excluding hydrogens is 170 g/mol. The number of hydrogen-bond donors (Lipinski definition) is 1. The van der Waals surface area contributed by atoms with Gasteiger partial charge in [-0.1, -0.05) is 26.8 Å². The second kappa shape index (κ2) is 4.50. The molecule has 78 valence electrons. The van der Waals surface area contributed by atoms with Gasteiger partial charge in [0.15, 0.2) is 0 Å². The maximum absolute atomic E-state index is 6.09. The highest BCUT2D eigenvalue weighted by atomic mass is 14.6. The smallest absolute Gasteiger partial charge is 0.0379 e. The molecule has 0 heterocycles. The van der Waals surface area contributed by atoms with Crippen LogP contribution in [0, 0.1) is 6.92 Å². The van der Waals surface area contributed by atoms with Gasteiger partial charge in [0, 0.05) is 5.69 Å². The molecular formula is C13H21N. The number of nitrogens with two attached hydrogens (primary N) is 1. The van der Waals surface area contributed by atoms with Gasteiger partial charge >= 0.3 is 0 Å². The Morgan fingerprint density at radius 2 is 1.57 bits per heavy atom. The van der Waals surface area contributed by atoms with Gasteiger partial charge in [-0.2, -0.15) is 0 Å². The summed E-state index contributed by atoms with van der Waals surface area (Å²) in [6.45, 7) is 8.71. The number of hydrogen-bond acceptors (Lipinski definition) is 1. The summed E-state index contributed by atoms with van der Waals surface area (Å²) in [5.74, 6) is 0. The summed E-state index contributed by atoms with van der Waals surface area (Å²) >= 11 is 0. The summed E-state index contributed by atoms with van der Waals surface area (Å²) in [7, 11) is 0. The van der Waals surface area contributed by atoms with Crippen LogP contribution >= 0.6 is 0 Å². The van der Waals surface area contributed by atoms with Crippen LogP contribution in [-0.2, 0) is 19.3 Å². The molecule has 0 radical (unpaired) electrons. The summed E-state index contributed by atoms with van der Waals surface area (Å²) < 4.78 is 0. The molecule has 1 aromatic carbocycles. The average Bonchev–Trinajstić information content (AvgIpc) is 2.20. The second-order valence-electron chi connectivity index (χ2n) is 3.78. The monoisotopic (exact) mass is 191 g/mol. The highest BCUT2D eigenvalue weighted by Crippen LogP contribution is 2.26. The number of aryl methyl sites for hydroxylation is 2. The molecule has 0 amide bonds. The summed E-state index contributed by atoms with van der Waals surface area (Å²) in [5, 5.41) is 0. The maximum atomic E-state index is 6.09. The van der Waals surface area contributed by atoms with Crippen molar-refractivity contribution >= 4 is 5.69 Å². The van der Waals surface area contributed by atoms with Crippen molar-refractivity contribution in [3.8, 4) is 0 Å². The van der Waals surface area contributed by atoms with Gasteiger partial charge in [0.05, 0.1) is 0 Å². The van der Waals surface area contributed by atoms with Crippen LogP contribution in [0.4, 0.5) is 5.69 Å². The van der Waals surface area contributed by atoms with Crippen LogP contribution < -0.4 is 5.73 Å². The molecule has 0 saturated heterocycles. The Kier molecular flexibility index (Phi) is 3.56. The zero-order valence-electron chi connectivity index (χ0n) is 9.78. The Balaban J connectivity index is 3.42. The van der Waals surface area contributed by atoms with Gasteiger partial charge in [0.2, 0.25) is 0 Å². The molecule has 0 fully saturated rings. The molecule has 2 N–H and O–H groups in total. The van der Waals surface area contributed by atoms with E-state index in [1.165, 1.54) is 22.3 Å². The summed E-state index contributed by atoms with van der Waals surface area (Å²) in [4.78, 5) is 0. The van der Waals surface area contributed by atoms with Gasteiger partial charge in [0.1, 0.15) is 0 Å². The first-order valence-corrected chi connectivity index (χ1v) is 5.55. The second-order valence-corrected chi connectivity index (χ2v) is 3.78. The van der Waals surface area contributed by atoms with Crippen LogP contribution in [0.15, 0.2) is 6.07 Å². The predicted octanol–water partition coefficient (Wildman–Crippen LogP) is 3.26. The lowest BCUT2D eigenvalue weighted by atomic mass is 9.91. The highest BCUT2D eigenvalue weighted by Gasteiger charge is 2.10. The van der Waals surface area contributed by atoms with E-state index in [1.807, 2.05) is 0 Å². The van der Waals surface area contributed by atoms with E-state index in [9.17, 15) is 0 Å². The lowest BCUT2D eigenvalue weighted by Gasteiger charge is -2.16. The molecule has 0 bridgehead atoms. The third-order valence-corrected chi connectivity index (χ3v) is 2.98. The fourth-order valence-electron chi connectivity index (χ4n) is 2.18. The number of benzene rings is 1. The number of rotatable bonds is 3. The molecule has 0 aliphatic rings. The minimum absolute atomic E-state index is 1.00. The Hall–Kier alpha value is -0.980. The van der Waals surface area contributed by atoms with Gasteiger partial charge in [-0.3, -0.25) is 0 Å². The standard InChI is InChI=1S/C13H21N/c1-5-10-8-9(4)13(14)12(7-3)11(10)6-2/h8H,5-7,14H2,1-4H3. The first-order valence-electron chi connectivity index (χ1n) is 5.55. The van der Waals surface area contributed by atoms with Crippen molar-refractivity contribution in [1.29, 1.82) is 0 Å². The van der Waals surface area contributed by atoms with Crippen molar-refractivity contribution in [2.75, 3.05) is 5.73 Å². The first kappa shape index (κ1) is 11.1. The molecule has 0 unspecified atom stereocenters. The fourth-order valence-corrected chi connectivity index (χ4v) is 2.18. The highest BCUT2D eigenvalue weighted by molar-refractivity contribution is 5.59. The van der Waals surface area contributed by atoms with E-state index >= 15 is 0 Å². The number of anilines is 1. The summed E-state index contributed by atoms with van der Waals surface area (Å²) in [6.07, 6.45) is 3.25. The normalized spacial score (nSPS) is 10.6. The molecule has 0 aliphatic carbocycles. The van der Waals surface area contributed by atoms with Crippen molar-refractivity contribution in [3.05, 3.63) is 28.3 Å². The van der Waals surface area contributed by atoms with Gasteiger partial charge in [-0.05, 0) is 48.4 Å². The summed E-state index contributed by atoms with van der Waals surface area (Å²) in [6, 6.07) is 2.24. The van der Waals surface area contributed by atoms with Crippen LogP contribution in [0.2, 0.25) is 0 Å².